The van der Waals surface area contributed by atoms with E-state index < -0.39 is 17.6 Å². The molecule has 1 aromatic carbocycles. The largest absolute Gasteiger partial charge is 0.456 e. The third kappa shape index (κ3) is 4.07. The monoisotopic (exact) mass is 374 g/mol. The van der Waals surface area contributed by atoms with Crippen LogP contribution in [-0.4, -0.2) is 23.4 Å². The minimum Gasteiger partial charge on any atom is -0.456 e. The number of amides is 1. The van der Waals surface area contributed by atoms with Crippen LogP contribution in [0.5, 0.6) is 0 Å². The maximum Gasteiger partial charge on any atom is 0.340 e. The van der Waals surface area contributed by atoms with Crippen LogP contribution in [0, 0.1) is 11.6 Å². The third-order valence-electron chi connectivity index (χ3n) is 3.05. The van der Waals surface area contributed by atoms with Crippen LogP contribution in [-0.2, 0) is 16.1 Å². The SMILES string of the molecule is CCN(C(C)=O)c1nc(COC(=O)c2cc(F)c(F)cc2Cl)cs1. The fourth-order valence-electron chi connectivity index (χ4n) is 1.88. The van der Waals surface area contributed by atoms with Crippen LogP contribution in [0.25, 0.3) is 0 Å². The summed E-state index contributed by atoms with van der Waals surface area (Å²) in [5.74, 6) is -3.39. The van der Waals surface area contributed by atoms with E-state index in [0.717, 1.165) is 0 Å². The van der Waals surface area contributed by atoms with Gasteiger partial charge < -0.3 is 4.74 Å². The van der Waals surface area contributed by atoms with Gasteiger partial charge in [0, 0.05) is 18.8 Å². The maximum atomic E-state index is 13.2. The summed E-state index contributed by atoms with van der Waals surface area (Å²) in [4.78, 5) is 29.1. The molecular formula is C15H13ClF2N2O3S. The smallest absolute Gasteiger partial charge is 0.340 e. The van der Waals surface area contributed by atoms with Crippen LogP contribution in [0.4, 0.5) is 13.9 Å². The molecule has 128 valence electrons. The summed E-state index contributed by atoms with van der Waals surface area (Å²) in [5.41, 5.74) is 0.159. The maximum absolute atomic E-state index is 13.2. The van der Waals surface area contributed by atoms with E-state index in [9.17, 15) is 18.4 Å². The molecule has 2 rings (SSSR count). The fraction of sp³-hybridized carbons (Fsp3) is 0.267. The Balaban J connectivity index is 2.06. The van der Waals surface area contributed by atoms with E-state index in [1.807, 2.05) is 6.92 Å². The van der Waals surface area contributed by atoms with Gasteiger partial charge in [-0.3, -0.25) is 9.69 Å². The summed E-state index contributed by atoms with van der Waals surface area (Å²) in [6.45, 7) is 3.52. The number of hydrogen-bond acceptors (Lipinski definition) is 5. The van der Waals surface area contributed by atoms with Crippen molar-refractivity contribution in [3.63, 3.8) is 0 Å². The van der Waals surface area contributed by atoms with Crippen molar-refractivity contribution in [3.8, 4) is 0 Å². The number of anilines is 1. The summed E-state index contributed by atoms with van der Waals surface area (Å²) in [7, 11) is 0. The highest BCUT2D eigenvalue weighted by molar-refractivity contribution is 7.14. The number of benzene rings is 1. The van der Waals surface area contributed by atoms with Gasteiger partial charge in [-0.15, -0.1) is 11.3 Å². The van der Waals surface area contributed by atoms with Crippen LogP contribution in [0.15, 0.2) is 17.5 Å². The van der Waals surface area contributed by atoms with Crippen molar-refractivity contribution in [2.75, 3.05) is 11.4 Å². The minimum atomic E-state index is -1.19. The van der Waals surface area contributed by atoms with Crippen molar-refractivity contribution in [2.24, 2.45) is 0 Å². The lowest BCUT2D eigenvalue weighted by Crippen LogP contribution is -2.27. The van der Waals surface area contributed by atoms with Crippen LogP contribution >= 0.6 is 22.9 Å². The van der Waals surface area contributed by atoms with Gasteiger partial charge in [-0.05, 0) is 19.1 Å². The molecule has 2 aromatic rings. The normalized spacial score (nSPS) is 10.5. The average molecular weight is 375 g/mol. The second-order valence-electron chi connectivity index (χ2n) is 4.71. The quantitative estimate of drug-likeness (QED) is 0.590. The van der Waals surface area contributed by atoms with Gasteiger partial charge in [-0.2, -0.15) is 0 Å². The Bertz CT molecular complexity index is 782. The van der Waals surface area contributed by atoms with Crippen LogP contribution in [0.1, 0.15) is 29.9 Å². The number of carbonyl (C=O) groups is 2. The topological polar surface area (TPSA) is 59.5 Å². The van der Waals surface area contributed by atoms with Gasteiger partial charge in [-0.25, -0.2) is 18.6 Å². The van der Waals surface area contributed by atoms with Crippen molar-refractivity contribution in [2.45, 2.75) is 20.5 Å². The predicted molar refractivity (Wildman–Crippen MR) is 86.3 cm³/mol. The molecule has 0 bridgehead atoms. The molecule has 0 saturated heterocycles. The highest BCUT2D eigenvalue weighted by Gasteiger charge is 2.18. The summed E-state index contributed by atoms with van der Waals surface area (Å²) >= 11 is 6.94. The number of ether oxygens (including phenoxy) is 1. The van der Waals surface area contributed by atoms with Crippen LogP contribution < -0.4 is 4.90 Å². The highest BCUT2D eigenvalue weighted by atomic mass is 35.5. The van der Waals surface area contributed by atoms with Gasteiger partial charge >= 0.3 is 5.97 Å². The average Bonchev–Trinajstić information content (AvgIpc) is 2.97. The van der Waals surface area contributed by atoms with Crippen molar-refractivity contribution in [1.82, 2.24) is 4.98 Å². The van der Waals surface area contributed by atoms with Gasteiger partial charge in [0.25, 0.3) is 0 Å². The number of rotatable bonds is 5. The third-order valence-corrected chi connectivity index (χ3v) is 4.27. The van der Waals surface area contributed by atoms with E-state index in [1.54, 1.807) is 5.38 Å². The lowest BCUT2D eigenvalue weighted by Gasteiger charge is -2.14. The Labute approximate surface area is 145 Å². The first kappa shape index (κ1) is 18.3. The summed E-state index contributed by atoms with van der Waals surface area (Å²) in [6.07, 6.45) is 0. The van der Waals surface area contributed by atoms with Gasteiger partial charge in [0.1, 0.15) is 6.61 Å². The van der Waals surface area contributed by atoms with Crippen molar-refractivity contribution >= 4 is 39.9 Å². The zero-order valence-corrected chi connectivity index (χ0v) is 14.4. The molecule has 0 fully saturated rings. The fourth-order valence-corrected chi connectivity index (χ4v) is 3.02. The van der Waals surface area contributed by atoms with E-state index in [-0.39, 0.29) is 23.1 Å². The highest BCUT2D eigenvalue weighted by Crippen LogP contribution is 2.23. The van der Waals surface area contributed by atoms with E-state index in [0.29, 0.717) is 29.5 Å². The van der Waals surface area contributed by atoms with Gasteiger partial charge in [-0.1, -0.05) is 11.6 Å². The van der Waals surface area contributed by atoms with E-state index in [1.165, 1.54) is 23.2 Å². The van der Waals surface area contributed by atoms with Crippen molar-refractivity contribution < 1.29 is 23.1 Å². The first-order valence-corrected chi connectivity index (χ1v) is 8.13. The molecule has 0 radical (unpaired) electrons. The molecule has 0 N–H and O–H groups in total. The molecule has 1 aromatic heterocycles. The molecule has 0 aliphatic rings. The molecule has 1 heterocycles. The minimum absolute atomic E-state index is 0.149. The summed E-state index contributed by atoms with van der Waals surface area (Å²) in [5, 5.41) is 1.88. The number of halogens is 3. The van der Waals surface area contributed by atoms with E-state index >= 15 is 0 Å². The molecule has 24 heavy (non-hydrogen) atoms. The molecule has 9 heteroatoms. The Morgan fingerprint density at radius 3 is 2.62 bits per heavy atom. The molecule has 0 spiro atoms. The summed E-state index contributed by atoms with van der Waals surface area (Å²) < 4.78 is 31.2. The van der Waals surface area contributed by atoms with Crippen molar-refractivity contribution in [3.05, 3.63) is 45.4 Å². The van der Waals surface area contributed by atoms with Crippen molar-refractivity contribution in [1.29, 1.82) is 0 Å². The Morgan fingerprint density at radius 2 is 2.00 bits per heavy atom. The number of nitrogens with zero attached hydrogens (tertiary/aromatic N) is 2. The Hall–Kier alpha value is -2.06. The van der Waals surface area contributed by atoms with Crippen LogP contribution in [0.3, 0.4) is 0 Å². The molecule has 1 amide bonds. The van der Waals surface area contributed by atoms with Crippen LogP contribution in [0.2, 0.25) is 5.02 Å². The van der Waals surface area contributed by atoms with E-state index in [4.69, 9.17) is 16.3 Å². The first-order chi connectivity index (χ1) is 11.3. The Kier molecular flexibility index (Phi) is 5.84. The molecule has 0 unspecified atom stereocenters. The molecular weight excluding hydrogens is 362 g/mol. The lowest BCUT2D eigenvalue weighted by atomic mass is 10.2. The molecule has 5 nitrogen and oxygen atoms in total. The first-order valence-electron chi connectivity index (χ1n) is 6.87. The number of thiazole rings is 1. The number of hydrogen-bond donors (Lipinski definition) is 0. The van der Waals surface area contributed by atoms with Gasteiger partial charge in [0.15, 0.2) is 16.8 Å². The number of carbonyl (C=O) groups excluding carboxylic acids is 2. The zero-order chi connectivity index (χ0) is 17.9. The predicted octanol–water partition coefficient (Wildman–Crippen LogP) is 3.80. The number of esters is 1. The van der Waals surface area contributed by atoms with Gasteiger partial charge in [0.2, 0.25) is 5.91 Å². The molecule has 0 atom stereocenters. The molecule has 0 aliphatic carbocycles. The lowest BCUT2D eigenvalue weighted by molar-refractivity contribution is -0.116. The van der Waals surface area contributed by atoms with E-state index in [2.05, 4.69) is 4.98 Å². The molecule has 0 saturated carbocycles. The zero-order valence-electron chi connectivity index (χ0n) is 12.8. The second kappa shape index (κ2) is 7.67. The molecule has 0 aliphatic heterocycles. The van der Waals surface area contributed by atoms with Gasteiger partial charge in [0.05, 0.1) is 16.3 Å². The standard InChI is InChI=1S/C15H13ClF2N2O3S/c1-3-20(8(2)21)15-19-9(7-24-15)6-23-14(22)10-4-12(17)13(18)5-11(10)16/h4-5,7H,3,6H2,1-2H3. The number of aromatic nitrogens is 1. The summed E-state index contributed by atoms with van der Waals surface area (Å²) in [6, 6.07) is 1.39. The Morgan fingerprint density at radius 1 is 1.33 bits per heavy atom. The second-order valence-corrected chi connectivity index (χ2v) is 5.95.